The molecule has 3 nitrogen and oxygen atoms in total. The third-order valence-electron chi connectivity index (χ3n) is 2.82. The van der Waals surface area contributed by atoms with E-state index in [1.54, 1.807) is 18.3 Å². The largest absolute Gasteiger partial charge is 0.349 e. The fourth-order valence-electron chi connectivity index (χ4n) is 1.84. The van der Waals surface area contributed by atoms with Gasteiger partial charge in [0.25, 0.3) is 5.91 Å². The lowest BCUT2D eigenvalue weighted by atomic mass is 10.1. The molecule has 1 aromatic heterocycles. The first-order chi connectivity index (χ1) is 9.54. The molecule has 0 radical (unpaired) electrons. The van der Waals surface area contributed by atoms with E-state index in [1.807, 2.05) is 31.2 Å². The van der Waals surface area contributed by atoms with Gasteiger partial charge in [-0.2, -0.15) is 0 Å². The van der Waals surface area contributed by atoms with Gasteiger partial charge in [-0.25, -0.2) is 4.98 Å². The van der Waals surface area contributed by atoms with Crippen LogP contribution in [0.25, 0.3) is 0 Å². The van der Waals surface area contributed by atoms with Gasteiger partial charge < -0.3 is 5.32 Å². The summed E-state index contributed by atoms with van der Waals surface area (Å²) in [7, 11) is 0. The Kier molecular flexibility index (Phi) is 5.31. The van der Waals surface area contributed by atoms with Crippen molar-refractivity contribution in [3.05, 3.63) is 62.8 Å². The number of benzene rings is 1. The van der Waals surface area contributed by atoms with E-state index in [2.05, 4.69) is 42.2 Å². The quantitative estimate of drug-likeness (QED) is 0.793. The maximum atomic E-state index is 12.0. The van der Waals surface area contributed by atoms with E-state index in [-0.39, 0.29) is 11.9 Å². The number of amides is 1. The number of hydrogen-bond acceptors (Lipinski definition) is 2. The molecule has 2 aromatic rings. The van der Waals surface area contributed by atoms with Crippen molar-refractivity contribution in [3.8, 4) is 0 Å². The molecule has 0 spiro atoms. The van der Waals surface area contributed by atoms with E-state index in [0.29, 0.717) is 5.56 Å². The molecule has 0 aliphatic heterocycles. The summed E-state index contributed by atoms with van der Waals surface area (Å²) in [6.45, 7) is 1.99. The Morgan fingerprint density at radius 1 is 1.20 bits per heavy atom. The summed E-state index contributed by atoms with van der Waals surface area (Å²) in [5.74, 6) is -0.102. The zero-order valence-corrected chi connectivity index (χ0v) is 14.1. The van der Waals surface area contributed by atoms with E-state index in [0.717, 1.165) is 15.5 Å². The Labute approximate surface area is 135 Å². The van der Waals surface area contributed by atoms with Gasteiger partial charge in [-0.15, -0.1) is 0 Å². The molecule has 0 bridgehead atoms. The van der Waals surface area contributed by atoms with Gasteiger partial charge in [0.1, 0.15) is 4.60 Å². The average Bonchev–Trinajstić information content (AvgIpc) is 2.42. The van der Waals surface area contributed by atoms with Crippen LogP contribution in [-0.2, 0) is 6.42 Å². The van der Waals surface area contributed by atoms with Crippen molar-refractivity contribution in [2.24, 2.45) is 0 Å². The number of carbonyl (C=O) groups is 1. The van der Waals surface area contributed by atoms with Crippen LogP contribution in [0.1, 0.15) is 22.8 Å². The Bertz CT molecular complexity index is 582. The molecular weight excluding hydrogens is 384 g/mol. The van der Waals surface area contributed by atoms with E-state index in [9.17, 15) is 4.79 Å². The minimum Gasteiger partial charge on any atom is -0.349 e. The van der Waals surface area contributed by atoms with E-state index in [4.69, 9.17) is 0 Å². The normalized spacial score (nSPS) is 11.9. The maximum Gasteiger partial charge on any atom is 0.253 e. The first-order valence-electron chi connectivity index (χ1n) is 6.21. The number of hydrogen-bond donors (Lipinski definition) is 1. The van der Waals surface area contributed by atoms with Crippen molar-refractivity contribution < 1.29 is 4.79 Å². The molecule has 0 aliphatic rings. The van der Waals surface area contributed by atoms with Gasteiger partial charge in [0.05, 0.1) is 5.56 Å². The molecule has 0 fully saturated rings. The Balaban J connectivity index is 1.93. The topological polar surface area (TPSA) is 42.0 Å². The number of carbonyl (C=O) groups excluding carboxylic acids is 1. The highest BCUT2D eigenvalue weighted by Crippen LogP contribution is 2.12. The standard InChI is InChI=1S/C15H14Br2N2O/c1-10(8-11-2-5-13(16)6-3-11)19-15(20)12-4-7-14(17)18-9-12/h2-7,9-10H,8H2,1H3,(H,19,20). The number of nitrogens with zero attached hydrogens (tertiary/aromatic N) is 1. The van der Waals surface area contributed by atoms with Crippen LogP contribution in [0.5, 0.6) is 0 Å². The van der Waals surface area contributed by atoms with Crippen LogP contribution in [0.3, 0.4) is 0 Å². The third kappa shape index (κ3) is 4.42. The summed E-state index contributed by atoms with van der Waals surface area (Å²) in [6.07, 6.45) is 2.36. The van der Waals surface area contributed by atoms with Crippen molar-refractivity contribution in [1.29, 1.82) is 0 Å². The van der Waals surface area contributed by atoms with Crippen LogP contribution < -0.4 is 5.32 Å². The highest BCUT2D eigenvalue weighted by atomic mass is 79.9. The lowest BCUT2D eigenvalue weighted by Crippen LogP contribution is -2.34. The molecule has 1 aromatic carbocycles. The lowest BCUT2D eigenvalue weighted by molar-refractivity contribution is 0.0939. The van der Waals surface area contributed by atoms with Crippen LogP contribution in [0.15, 0.2) is 51.7 Å². The second kappa shape index (κ2) is 6.99. The van der Waals surface area contributed by atoms with Gasteiger partial charge in [0.15, 0.2) is 0 Å². The number of rotatable bonds is 4. The van der Waals surface area contributed by atoms with E-state index in [1.165, 1.54) is 5.56 Å². The summed E-state index contributed by atoms with van der Waals surface area (Å²) in [6, 6.07) is 11.7. The summed E-state index contributed by atoms with van der Waals surface area (Å²) in [5.41, 5.74) is 1.76. The minimum absolute atomic E-state index is 0.0623. The predicted molar refractivity (Wildman–Crippen MR) is 86.7 cm³/mol. The maximum absolute atomic E-state index is 12.0. The van der Waals surface area contributed by atoms with Crippen LogP contribution in [-0.4, -0.2) is 16.9 Å². The smallest absolute Gasteiger partial charge is 0.253 e. The zero-order chi connectivity index (χ0) is 14.5. The summed E-state index contributed by atoms with van der Waals surface area (Å²) >= 11 is 6.66. The fraction of sp³-hybridized carbons (Fsp3) is 0.200. The Morgan fingerprint density at radius 3 is 2.50 bits per heavy atom. The van der Waals surface area contributed by atoms with Gasteiger partial charge >= 0.3 is 0 Å². The predicted octanol–water partition coefficient (Wildman–Crippen LogP) is 3.97. The minimum atomic E-state index is -0.102. The highest BCUT2D eigenvalue weighted by molar-refractivity contribution is 9.10. The first-order valence-corrected chi connectivity index (χ1v) is 7.80. The number of pyridine rings is 1. The van der Waals surface area contributed by atoms with Crippen LogP contribution in [0, 0.1) is 0 Å². The van der Waals surface area contributed by atoms with Crippen LogP contribution in [0.4, 0.5) is 0 Å². The molecule has 1 atom stereocenters. The molecule has 1 unspecified atom stereocenters. The highest BCUT2D eigenvalue weighted by Gasteiger charge is 2.10. The molecule has 1 heterocycles. The zero-order valence-electron chi connectivity index (χ0n) is 10.9. The molecule has 1 N–H and O–H groups in total. The molecule has 0 saturated heterocycles. The van der Waals surface area contributed by atoms with Gasteiger partial charge in [-0.1, -0.05) is 28.1 Å². The van der Waals surface area contributed by atoms with Crippen molar-refractivity contribution in [1.82, 2.24) is 10.3 Å². The SMILES string of the molecule is CC(Cc1ccc(Br)cc1)NC(=O)c1ccc(Br)nc1. The summed E-state index contributed by atoms with van der Waals surface area (Å²) in [4.78, 5) is 16.1. The first kappa shape index (κ1) is 15.2. The van der Waals surface area contributed by atoms with E-state index >= 15 is 0 Å². The molecule has 2 rings (SSSR count). The molecule has 104 valence electrons. The van der Waals surface area contributed by atoms with Crippen molar-refractivity contribution >= 4 is 37.8 Å². The summed E-state index contributed by atoms with van der Waals surface area (Å²) in [5, 5.41) is 2.97. The second-order valence-electron chi connectivity index (χ2n) is 4.57. The summed E-state index contributed by atoms with van der Waals surface area (Å²) < 4.78 is 1.77. The molecule has 0 saturated carbocycles. The van der Waals surface area contributed by atoms with Gasteiger partial charge in [0, 0.05) is 16.7 Å². The molecule has 0 aliphatic carbocycles. The average molecular weight is 398 g/mol. The monoisotopic (exact) mass is 396 g/mol. The molecular formula is C15H14Br2N2O. The van der Waals surface area contributed by atoms with Crippen LogP contribution >= 0.6 is 31.9 Å². The molecule has 20 heavy (non-hydrogen) atoms. The number of halogens is 2. The van der Waals surface area contributed by atoms with Crippen molar-refractivity contribution in [3.63, 3.8) is 0 Å². The third-order valence-corrected chi connectivity index (χ3v) is 3.82. The Hall–Kier alpha value is -1.20. The van der Waals surface area contributed by atoms with Crippen LogP contribution in [0.2, 0.25) is 0 Å². The molecule has 1 amide bonds. The van der Waals surface area contributed by atoms with Crippen molar-refractivity contribution in [2.45, 2.75) is 19.4 Å². The molecule has 5 heteroatoms. The van der Waals surface area contributed by atoms with Gasteiger partial charge in [-0.05, 0) is 59.1 Å². The second-order valence-corrected chi connectivity index (χ2v) is 6.30. The van der Waals surface area contributed by atoms with Crippen molar-refractivity contribution in [2.75, 3.05) is 0 Å². The van der Waals surface area contributed by atoms with Gasteiger partial charge in [-0.3, -0.25) is 4.79 Å². The number of nitrogens with one attached hydrogen (secondary N) is 1. The number of aromatic nitrogens is 1. The lowest BCUT2D eigenvalue weighted by Gasteiger charge is -2.14. The fourth-order valence-corrected chi connectivity index (χ4v) is 2.34. The van der Waals surface area contributed by atoms with E-state index < -0.39 is 0 Å². The Morgan fingerprint density at radius 2 is 1.90 bits per heavy atom. The van der Waals surface area contributed by atoms with Gasteiger partial charge in [0.2, 0.25) is 0 Å².